The lowest BCUT2D eigenvalue weighted by Gasteiger charge is -2.24. The highest BCUT2D eigenvalue weighted by Gasteiger charge is 2.06. The summed E-state index contributed by atoms with van der Waals surface area (Å²) in [6, 6.07) is 1.54. The summed E-state index contributed by atoms with van der Waals surface area (Å²) in [6.45, 7) is 2.30. The Labute approximate surface area is 151 Å². The van der Waals surface area contributed by atoms with Gasteiger partial charge in [0.15, 0.2) is 0 Å². The molecule has 23 heavy (non-hydrogen) atoms. The van der Waals surface area contributed by atoms with Crippen molar-refractivity contribution in [2.75, 3.05) is 21.1 Å². The van der Waals surface area contributed by atoms with E-state index in [9.17, 15) is 0 Å². The zero-order chi connectivity index (χ0) is 17.2. The average Bonchev–Trinajstić information content (AvgIpc) is 2.49. The van der Waals surface area contributed by atoms with Gasteiger partial charge in [-0.1, -0.05) is 110 Å². The maximum Gasteiger partial charge on any atom is 0.254 e. The van der Waals surface area contributed by atoms with Crippen molar-refractivity contribution in [2.24, 2.45) is 0 Å². The Morgan fingerprint density at radius 3 is 1.09 bits per heavy atom. The number of hydrogen-bond donors (Lipinski definition) is 0. The lowest BCUT2D eigenvalue weighted by molar-refractivity contribution is -0.756. The molecule has 0 fully saturated rings. The molecule has 0 saturated heterocycles. The van der Waals surface area contributed by atoms with Crippen molar-refractivity contribution in [3.8, 4) is 0 Å². The van der Waals surface area contributed by atoms with Gasteiger partial charge in [0, 0.05) is 0 Å². The normalized spacial score (nSPS) is 12.5. The molecule has 0 heterocycles. The summed E-state index contributed by atoms with van der Waals surface area (Å²) in [5, 5.41) is 0. The summed E-state index contributed by atoms with van der Waals surface area (Å²) in [5.41, 5.74) is 0. The first-order valence-electron chi connectivity index (χ1n) is 10.9. The smallest absolute Gasteiger partial charge is 0.254 e. The van der Waals surface area contributed by atoms with Crippen LogP contribution in [0.15, 0.2) is 0 Å². The summed E-state index contributed by atoms with van der Waals surface area (Å²) in [7, 11) is 7.20. The monoisotopic (exact) mass is 342 g/mol. The van der Waals surface area contributed by atoms with Crippen LogP contribution in [0, 0.1) is 0 Å². The van der Waals surface area contributed by atoms with E-state index in [2.05, 4.69) is 28.1 Å². The van der Waals surface area contributed by atoms with Crippen LogP contribution < -0.4 is 0 Å². The first kappa shape index (κ1) is 23.2. The fourth-order valence-corrected chi connectivity index (χ4v) is 4.84. The van der Waals surface area contributed by atoms with Crippen LogP contribution in [0.1, 0.15) is 110 Å². The van der Waals surface area contributed by atoms with Crippen molar-refractivity contribution < 1.29 is 4.15 Å². The molecule has 0 spiro atoms. The third-order valence-electron chi connectivity index (χ3n) is 4.93. The largest absolute Gasteiger partial charge is 0.395 e. The van der Waals surface area contributed by atoms with Gasteiger partial charge in [0.2, 0.25) is 0 Å². The number of hydrogen-bond acceptors (Lipinski definition) is 0. The highest BCUT2D eigenvalue weighted by Crippen LogP contribution is 2.14. The van der Waals surface area contributed by atoms with E-state index in [-0.39, 0.29) is 9.68 Å². The molecule has 0 unspecified atom stereocenters. The number of unbranched alkanes of at least 4 members (excludes halogenated alkanes) is 15. The van der Waals surface area contributed by atoms with Crippen LogP contribution in [0.4, 0.5) is 0 Å². The first-order valence-corrected chi connectivity index (χ1v) is 12.5. The van der Waals surface area contributed by atoms with Crippen molar-refractivity contribution >= 4 is 9.68 Å². The molecule has 0 aromatic heterocycles. The highest BCUT2D eigenvalue weighted by molar-refractivity contribution is 6.26. The summed E-state index contributed by atoms with van der Waals surface area (Å²) in [4.78, 5) is 0. The van der Waals surface area contributed by atoms with Crippen molar-refractivity contribution in [1.29, 1.82) is 0 Å². The second-order valence-electron chi connectivity index (χ2n) is 8.67. The van der Waals surface area contributed by atoms with Crippen molar-refractivity contribution in [2.45, 2.75) is 116 Å². The lowest BCUT2D eigenvalue weighted by Crippen LogP contribution is -2.38. The molecule has 0 aliphatic carbocycles. The van der Waals surface area contributed by atoms with E-state index >= 15 is 0 Å². The van der Waals surface area contributed by atoms with Gasteiger partial charge in [0.05, 0.1) is 21.1 Å². The van der Waals surface area contributed by atoms with E-state index < -0.39 is 0 Å². The number of rotatable bonds is 18. The molecule has 0 aromatic rings. The second kappa shape index (κ2) is 17.0. The first-order chi connectivity index (χ1) is 11.1. The molecule has 2 heteroatoms. The van der Waals surface area contributed by atoms with Gasteiger partial charge in [-0.05, 0) is 6.04 Å². The molecule has 0 rings (SSSR count). The van der Waals surface area contributed by atoms with Gasteiger partial charge in [-0.2, -0.15) is 0 Å². The minimum absolute atomic E-state index is 0.123. The molecular weight excluding hydrogens is 294 g/mol. The Kier molecular flexibility index (Phi) is 17.1. The molecule has 0 aliphatic rings. The van der Waals surface area contributed by atoms with E-state index in [1.807, 2.05) is 0 Å². The molecule has 0 radical (unpaired) electrons. The molecule has 0 N–H and O–H groups in total. The van der Waals surface area contributed by atoms with E-state index in [1.54, 1.807) is 6.04 Å². The molecule has 0 bridgehead atoms. The second-order valence-corrected chi connectivity index (χ2v) is 11.7. The Morgan fingerprint density at radius 1 is 0.478 bits per heavy atom. The third-order valence-corrected chi connectivity index (χ3v) is 7.09. The van der Waals surface area contributed by atoms with Crippen molar-refractivity contribution in [3.63, 3.8) is 0 Å². The van der Waals surface area contributed by atoms with Crippen LogP contribution in [-0.2, 0) is 0 Å². The van der Waals surface area contributed by atoms with Gasteiger partial charge in [-0.25, -0.2) is 0 Å². The third kappa shape index (κ3) is 22.2. The average molecular weight is 343 g/mol. The van der Waals surface area contributed by atoms with Crippen LogP contribution in [0.3, 0.4) is 0 Å². The maximum atomic E-state index is 2.36. The topological polar surface area (TPSA) is 0 Å². The summed E-state index contributed by atoms with van der Waals surface area (Å²) in [6.07, 6.45) is 23.6. The van der Waals surface area contributed by atoms with E-state index in [0.29, 0.717) is 0 Å². The summed E-state index contributed by atoms with van der Waals surface area (Å²) < 4.78 is 1.26. The molecule has 0 aromatic carbocycles. The highest BCUT2D eigenvalue weighted by atomic mass is 28.2. The Balaban J connectivity index is 3.00. The molecule has 1 nitrogen and oxygen atoms in total. The minimum Gasteiger partial charge on any atom is -0.395 e. The fourth-order valence-electron chi connectivity index (χ4n) is 3.31. The molecule has 0 saturated carbocycles. The Bertz CT molecular complexity index is 222. The van der Waals surface area contributed by atoms with Crippen LogP contribution in [0.2, 0.25) is 6.04 Å². The van der Waals surface area contributed by atoms with Gasteiger partial charge in [0.25, 0.3) is 9.68 Å². The van der Waals surface area contributed by atoms with Crippen LogP contribution in [-0.4, -0.2) is 35.0 Å². The maximum absolute atomic E-state index is 2.36. The van der Waals surface area contributed by atoms with Crippen molar-refractivity contribution in [3.05, 3.63) is 0 Å². The molecule has 0 aliphatic heterocycles. The Morgan fingerprint density at radius 2 is 0.783 bits per heavy atom. The standard InChI is InChI=1S/C21H48NSi/c1-5-6-7-8-9-10-11-12-13-14-15-16-17-18-19-20-21-23-22(2,3)4/h5-21,23H2,1-4H3/q+1. The lowest BCUT2D eigenvalue weighted by atomic mass is 10.0. The quantitative estimate of drug-likeness (QED) is 0.198. The van der Waals surface area contributed by atoms with Gasteiger partial charge < -0.3 is 4.15 Å². The van der Waals surface area contributed by atoms with Gasteiger partial charge in [-0.15, -0.1) is 0 Å². The van der Waals surface area contributed by atoms with E-state index in [0.717, 1.165) is 0 Å². The van der Waals surface area contributed by atoms with Crippen LogP contribution in [0.5, 0.6) is 0 Å². The van der Waals surface area contributed by atoms with Gasteiger partial charge >= 0.3 is 0 Å². The minimum atomic E-state index is 0.123. The van der Waals surface area contributed by atoms with Gasteiger partial charge in [-0.3, -0.25) is 0 Å². The number of quaternary nitrogens is 1. The number of nitrogens with zero attached hydrogens (tertiary/aromatic N) is 1. The predicted octanol–water partition coefficient (Wildman–Crippen LogP) is 6.46. The SMILES string of the molecule is CCCCCCCCCCCCCCCCCC[SiH2][N+](C)(C)C. The fraction of sp³-hybridized carbons (Fsp3) is 1.00. The molecular formula is C21H48NSi+. The summed E-state index contributed by atoms with van der Waals surface area (Å²) >= 11 is 0. The van der Waals surface area contributed by atoms with Crippen molar-refractivity contribution in [1.82, 2.24) is 0 Å². The zero-order valence-electron chi connectivity index (χ0n) is 17.2. The summed E-state index contributed by atoms with van der Waals surface area (Å²) in [5.74, 6) is 0. The van der Waals surface area contributed by atoms with E-state index in [4.69, 9.17) is 0 Å². The molecule has 0 atom stereocenters. The van der Waals surface area contributed by atoms with Crippen LogP contribution >= 0.6 is 0 Å². The van der Waals surface area contributed by atoms with Crippen LogP contribution in [0.25, 0.3) is 0 Å². The predicted molar refractivity (Wildman–Crippen MR) is 111 cm³/mol. The Hall–Kier alpha value is 0.177. The molecule has 140 valence electrons. The zero-order valence-corrected chi connectivity index (χ0v) is 18.6. The van der Waals surface area contributed by atoms with E-state index in [1.165, 1.54) is 107 Å². The van der Waals surface area contributed by atoms with Gasteiger partial charge in [0.1, 0.15) is 0 Å². The molecule has 0 amide bonds.